The van der Waals surface area contributed by atoms with Crippen LogP contribution in [0.3, 0.4) is 0 Å². The first-order valence-electron chi connectivity index (χ1n) is 10.4. The fraction of sp³-hybridized carbons (Fsp3) is 0.619. The number of hydrogen-bond donors (Lipinski definition) is 3. The summed E-state index contributed by atoms with van der Waals surface area (Å²) in [4.78, 5) is 16.7. The van der Waals surface area contributed by atoms with Crippen LogP contribution >= 0.6 is 0 Å². The summed E-state index contributed by atoms with van der Waals surface area (Å²) in [5, 5.41) is 3.89. The lowest BCUT2D eigenvalue weighted by Crippen LogP contribution is -2.39. The Labute approximate surface area is 172 Å². The molecule has 29 heavy (non-hydrogen) atoms. The number of alkyl carbamates (subject to hydrolysis) is 1. The van der Waals surface area contributed by atoms with E-state index in [1.54, 1.807) is 13.1 Å². The summed E-state index contributed by atoms with van der Waals surface area (Å²) in [7, 11) is 1.60. The molecule has 1 amide bonds. The standard InChI is InChI=1S/C21H33N5O3/c1-13-11-15(13)12-28-21(27)25-20(26(3)23)19(22)17-9-10-18(14(2)24-17)29-16-7-5-4-6-8-16/h9-10,13,15-16H,4-8,11-12,22-23H2,1-3H3,(H,25,27)/b20-19-. The van der Waals surface area contributed by atoms with Crippen molar-refractivity contribution in [2.24, 2.45) is 23.4 Å². The molecule has 2 saturated carbocycles. The van der Waals surface area contributed by atoms with Gasteiger partial charge in [0.2, 0.25) is 0 Å². The first kappa shape index (κ1) is 21.2. The number of nitrogens with zero attached hydrogens (tertiary/aromatic N) is 2. The van der Waals surface area contributed by atoms with Crippen LogP contribution in [-0.4, -0.2) is 35.8 Å². The van der Waals surface area contributed by atoms with Gasteiger partial charge < -0.3 is 15.2 Å². The van der Waals surface area contributed by atoms with Crippen LogP contribution in [0.5, 0.6) is 5.75 Å². The van der Waals surface area contributed by atoms with E-state index in [4.69, 9.17) is 21.1 Å². The number of hydrazine groups is 1. The highest BCUT2D eigenvalue weighted by Crippen LogP contribution is 2.37. The molecule has 2 aliphatic rings. The van der Waals surface area contributed by atoms with Crippen molar-refractivity contribution in [3.63, 3.8) is 0 Å². The quantitative estimate of drug-likeness (QED) is 0.473. The van der Waals surface area contributed by atoms with Crippen LogP contribution in [0, 0.1) is 18.8 Å². The van der Waals surface area contributed by atoms with Crippen molar-refractivity contribution in [1.82, 2.24) is 15.3 Å². The van der Waals surface area contributed by atoms with Crippen LogP contribution in [0.2, 0.25) is 0 Å². The molecule has 8 nitrogen and oxygen atoms in total. The molecule has 0 aliphatic heterocycles. The zero-order valence-electron chi connectivity index (χ0n) is 17.6. The van der Waals surface area contributed by atoms with Crippen molar-refractivity contribution < 1.29 is 14.3 Å². The van der Waals surface area contributed by atoms with E-state index in [0.29, 0.717) is 24.1 Å². The molecule has 2 fully saturated rings. The van der Waals surface area contributed by atoms with Gasteiger partial charge >= 0.3 is 6.09 Å². The van der Waals surface area contributed by atoms with Gasteiger partial charge in [0.25, 0.3) is 0 Å². The zero-order valence-corrected chi connectivity index (χ0v) is 17.6. The Morgan fingerprint density at radius 3 is 2.59 bits per heavy atom. The first-order valence-corrected chi connectivity index (χ1v) is 10.4. The van der Waals surface area contributed by atoms with E-state index < -0.39 is 6.09 Å². The number of nitrogens with one attached hydrogen (secondary N) is 1. The molecule has 0 spiro atoms. The third kappa shape index (κ3) is 5.76. The number of rotatable bonds is 7. The molecule has 1 aromatic heterocycles. The number of ether oxygens (including phenoxy) is 2. The fourth-order valence-electron chi connectivity index (χ4n) is 3.60. The molecule has 0 saturated heterocycles. The summed E-state index contributed by atoms with van der Waals surface area (Å²) in [6.45, 7) is 4.43. The SMILES string of the molecule is Cc1nc(/C(N)=C(\NC(=O)OCC2CC2C)N(C)N)ccc1OC1CCCCC1. The molecular formula is C21H33N5O3. The fourth-order valence-corrected chi connectivity index (χ4v) is 3.60. The van der Waals surface area contributed by atoms with Crippen molar-refractivity contribution in [3.8, 4) is 5.75 Å². The summed E-state index contributed by atoms with van der Waals surface area (Å²) in [5.74, 6) is 7.95. The van der Waals surface area contributed by atoms with Gasteiger partial charge in [0.05, 0.1) is 24.1 Å². The van der Waals surface area contributed by atoms with E-state index in [1.165, 1.54) is 24.3 Å². The van der Waals surface area contributed by atoms with E-state index >= 15 is 0 Å². The second-order valence-electron chi connectivity index (χ2n) is 8.23. The molecule has 160 valence electrons. The lowest BCUT2D eigenvalue weighted by Gasteiger charge is -2.24. The summed E-state index contributed by atoms with van der Waals surface area (Å²) in [5.41, 5.74) is 7.80. The number of nitrogens with two attached hydrogens (primary N) is 2. The maximum Gasteiger partial charge on any atom is 0.412 e. The summed E-state index contributed by atoms with van der Waals surface area (Å²) in [6.07, 6.45) is 6.62. The van der Waals surface area contributed by atoms with Gasteiger partial charge in [-0.05, 0) is 63.0 Å². The Morgan fingerprint density at radius 2 is 2.00 bits per heavy atom. The van der Waals surface area contributed by atoms with Gasteiger partial charge in [-0.15, -0.1) is 0 Å². The van der Waals surface area contributed by atoms with Crippen LogP contribution in [0.25, 0.3) is 5.70 Å². The number of carbonyl (C=O) groups excluding carboxylic acids is 1. The number of pyridine rings is 1. The van der Waals surface area contributed by atoms with Crippen molar-refractivity contribution in [3.05, 3.63) is 29.3 Å². The predicted molar refractivity (Wildman–Crippen MR) is 111 cm³/mol. The number of carbonyl (C=O) groups is 1. The average molecular weight is 404 g/mol. The number of aryl methyl sites for hydroxylation is 1. The maximum atomic E-state index is 12.1. The minimum Gasteiger partial charge on any atom is -0.489 e. The highest BCUT2D eigenvalue weighted by Gasteiger charge is 2.33. The third-order valence-corrected chi connectivity index (χ3v) is 5.69. The van der Waals surface area contributed by atoms with Crippen LogP contribution in [0.1, 0.15) is 56.8 Å². The van der Waals surface area contributed by atoms with E-state index in [9.17, 15) is 4.79 Å². The van der Waals surface area contributed by atoms with Gasteiger partial charge in [0.15, 0.2) is 5.82 Å². The number of hydrogen-bond acceptors (Lipinski definition) is 7. The minimum atomic E-state index is -0.576. The predicted octanol–water partition coefficient (Wildman–Crippen LogP) is 2.87. The lowest BCUT2D eigenvalue weighted by atomic mass is 9.98. The zero-order chi connectivity index (χ0) is 21.0. The van der Waals surface area contributed by atoms with Gasteiger partial charge in [0, 0.05) is 7.05 Å². The largest absolute Gasteiger partial charge is 0.489 e. The Balaban J connectivity index is 1.68. The van der Waals surface area contributed by atoms with E-state index in [-0.39, 0.29) is 17.6 Å². The Kier molecular flexibility index (Phi) is 6.84. The van der Waals surface area contributed by atoms with Crippen LogP contribution in [-0.2, 0) is 4.74 Å². The number of aromatic nitrogens is 1. The summed E-state index contributed by atoms with van der Waals surface area (Å²) < 4.78 is 11.4. The molecule has 1 aromatic rings. The van der Waals surface area contributed by atoms with Crippen molar-refractivity contribution >= 4 is 11.8 Å². The van der Waals surface area contributed by atoms with Crippen LogP contribution in [0.4, 0.5) is 4.79 Å². The molecule has 0 aromatic carbocycles. The van der Waals surface area contributed by atoms with Gasteiger partial charge in [-0.2, -0.15) is 0 Å². The molecular weight excluding hydrogens is 370 g/mol. The Hall–Kier alpha value is -2.48. The summed E-state index contributed by atoms with van der Waals surface area (Å²) in [6, 6.07) is 3.66. The van der Waals surface area contributed by atoms with Crippen molar-refractivity contribution in [2.45, 2.75) is 58.5 Å². The Morgan fingerprint density at radius 1 is 1.31 bits per heavy atom. The van der Waals surface area contributed by atoms with Gasteiger partial charge in [-0.3, -0.25) is 10.3 Å². The second kappa shape index (κ2) is 9.35. The van der Waals surface area contributed by atoms with Crippen molar-refractivity contribution in [2.75, 3.05) is 13.7 Å². The molecule has 0 bridgehead atoms. The van der Waals surface area contributed by atoms with E-state index in [1.807, 2.05) is 13.0 Å². The molecule has 2 unspecified atom stereocenters. The van der Waals surface area contributed by atoms with E-state index in [2.05, 4.69) is 17.2 Å². The van der Waals surface area contributed by atoms with Gasteiger partial charge in [0.1, 0.15) is 11.4 Å². The molecule has 2 aliphatic carbocycles. The molecule has 1 heterocycles. The first-order chi connectivity index (χ1) is 13.8. The monoisotopic (exact) mass is 403 g/mol. The van der Waals surface area contributed by atoms with E-state index in [0.717, 1.165) is 30.7 Å². The number of amides is 1. The normalized spacial score (nSPS) is 22.5. The minimum absolute atomic E-state index is 0.242. The van der Waals surface area contributed by atoms with Crippen molar-refractivity contribution in [1.29, 1.82) is 0 Å². The lowest BCUT2D eigenvalue weighted by molar-refractivity contribution is 0.139. The van der Waals surface area contributed by atoms with Crippen LogP contribution < -0.4 is 21.6 Å². The van der Waals surface area contributed by atoms with Crippen LogP contribution in [0.15, 0.2) is 18.0 Å². The molecule has 0 radical (unpaired) electrons. The Bertz CT molecular complexity index is 759. The maximum absolute atomic E-state index is 12.1. The second-order valence-corrected chi connectivity index (χ2v) is 8.23. The summed E-state index contributed by atoms with van der Waals surface area (Å²) >= 11 is 0. The smallest absolute Gasteiger partial charge is 0.412 e. The average Bonchev–Trinajstić information content (AvgIpc) is 3.41. The molecule has 8 heteroatoms. The molecule has 2 atom stereocenters. The molecule has 3 rings (SSSR count). The highest BCUT2D eigenvalue weighted by molar-refractivity contribution is 5.74. The topological polar surface area (TPSA) is 116 Å². The third-order valence-electron chi connectivity index (χ3n) is 5.69. The van der Waals surface area contributed by atoms with Gasteiger partial charge in [-0.25, -0.2) is 15.6 Å². The highest BCUT2D eigenvalue weighted by atomic mass is 16.5. The van der Waals surface area contributed by atoms with Gasteiger partial charge in [-0.1, -0.05) is 13.3 Å². The molecule has 5 N–H and O–H groups in total.